The van der Waals surface area contributed by atoms with Gasteiger partial charge in [-0.15, -0.1) is 0 Å². The van der Waals surface area contributed by atoms with E-state index in [9.17, 15) is 9.59 Å². The summed E-state index contributed by atoms with van der Waals surface area (Å²) >= 11 is 0. The molecule has 0 spiro atoms. The second-order valence-electron chi connectivity index (χ2n) is 7.18. The molecule has 3 aromatic carbocycles. The van der Waals surface area contributed by atoms with Gasteiger partial charge in [-0.25, -0.2) is 5.43 Å². The molecule has 0 aliphatic heterocycles. The fourth-order valence-electron chi connectivity index (χ4n) is 3.05. The Morgan fingerprint density at radius 2 is 1.44 bits per heavy atom. The normalized spacial score (nSPS) is 11.0. The molecule has 2 amide bonds. The van der Waals surface area contributed by atoms with Crippen molar-refractivity contribution in [2.24, 2.45) is 5.10 Å². The van der Waals surface area contributed by atoms with Crippen LogP contribution >= 0.6 is 0 Å². The average molecular weight is 430 g/mol. The lowest BCUT2D eigenvalue weighted by atomic mass is 10.0. The van der Waals surface area contributed by atoms with E-state index in [1.165, 1.54) is 0 Å². The van der Waals surface area contributed by atoms with E-state index in [1.54, 1.807) is 24.3 Å². The first-order valence-electron chi connectivity index (χ1n) is 10.6. The zero-order valence-electron chi connectivity index (χ0n) is 18.3. The van der Waals surface area contributed by atoms with Gasteiger partial charge in [0.25, 0.3) is 0 Å². The van der Waals surface area contributed by atoms with Gasteiger partial charge >= 0.3 is 0 Å². The number of hydrazone groups is 1. The third kappa shape index (κ3) is 6.80. The van der Waals surface area contributed by atoms with Crippen LogP contribution in [0.2, 0.25) is 0 Å². The smallest absolute Gasteiger partial charge is 0.240 e. The van der Waals surface area contributed by atoms with Gasteiger partial charge in [-0.2, -0.15) is 5.10 Å². The minimum absolute atomic E-state index is 0.0482. The van der Waals surface area contributed by atoms with Gasteiger partial charge in [-0.1, -0.05) is 54.6 Å². The molecule has 0 radical (unpaired) electrons. The molecule has 2 N–H and O–H groups in total. The summed E-state index contributed by atoms with van der Waals surface area (Å²) in [4.78, 5) is 24.2. The zero-order valence-corrected chi connectivity index (χ0v) is 18.3. The first kappa shape index (κ1) is 22.7. The number of amides is 2. The first-order valence-corrected chi connectivity index (χ1v) is 10.6. The number of carbonyl (C=O) groups is 2. The highest BCUT2D eigenvalue weighted by molar-refractivity contribution is 6.00. The third-order valence-electron chi connectivity index (χ3n) is 4.79. The summed E-state index contributed by atoms with van der Waals surface area (Å²) in [5.41, 5.74) is 7.05. The lowest BCUT2D eigenvalue weighted by Crippen LogP contribution is -2.21. The molecule has 0 atom stereocenters. The monoisotopic (exact) mass is 429 g/mol. The van der Waals surface area contributed by atoms with E-state index in [1.807, 2.05) is 56.3 Å². The molecule has 0 heterocycles. The number of carbonyl (C=O) groups excluding carboxylic acids is 2. The van der Waals surface area contributed by atoms with Crippen LogP contribution in [0.5, 0.6) is 5.75 Å². The van der Waals surface area contributed by atoms with E-state index in [4.69, 9.17) is 4.74 Å². The Kier molecular flexibility index (Phi) is 8.15. The Balaban J connectivity index is 1.45. The van der Waals surface area contributed by atoms with E-state index < -0.39 is 0 Å². The number of benzene rings is 3. The van der Waals surface area contributed by atoms with Crippen molar-refractivity contribution in [1.82, 2.24) is 5.43 Å². The number of hydrogen-bond donors (Lipinski definition) is 2. The van der Waals surface area contributed by atoms with Crippen molar-refractivity contribution < 1.29 is 14.3 Å². The molecule has 0 aliphatic rings. The van der Waals surface area contributed by atoms with Gasteiger partial charge in [0.2, 0.25) is 11.8 Å². The van der Waals surface area contributed by atoms with Crippen molar-refractivity contribution in [3.8, 4) is 16.9 Å². The molecule has 0 aromatic heterocycles. The minimum Gasteiger partial charge on any atom is -0.494 e. The fourth-order valence-corrected chi connectivity index (χ4v) is 3.05. The average Bonchev–Trinajstić information content (AvgIpc) is 2.83. The maximum Gasteiger partial charge on any atom is 0.240 e. The maximum absolute atomic E-state index is 12.1. The minimum atomic E-state index is -0.313. The van der Waals surface area contributed by atoms with E-state index in [0.717, 1.165) is 22.4 Å². The molecule has 0 bridgehead atoms. The number of ether oxygens (including phenoxy) is 1. The van der Waals surface area contributed by atoms with Crippen molar-refractivity contribution >= 4 is 23.2 Å². The predicted octanol–water partition coefficient (Wildman–Crippen LogP) is 5.01. The molecule has 3 rings (SSSR count). The van der Waals surface area contributed by atoms with Crippen LogP contribution in [0.15, 0.2) is 84.0 Å². The molecule has 0 aliphatic carbocycles. The Hall–Kier alpha value is -3.93. The van der Waals surface area contributed by atoms with Gasteiger partial charge in [0.15, 0.2) is 0 Å². The lowest BCUT2D eigenvalue weighted by Gasteiger charge is -2.07. The summed E-state index contributed by atoms with van der Waals surface area (Å²) < 4.78 is 5.37. The standard InChI is InChI=1S/C26H27N3O3/c1-3-32-24-15-13-23(14-16-24)27-25(30)17-18-26(31)29-28-19(2)20-9-11-22(12-10-20)21-7-5-4-6-8-21/h4-16H,3,17-18H2,1-2H3,(H,27,30)(H,29,31)/b28-19+. The van der Waals surface area contributed by atoms with Crippen LogP contribution in [0, 0.1) is 0 Å². The summed E-state index contributed by atoms with van der Waals surface area (Å²) in [5.74, 6) is 0.196. The number of nitrogens with one attached hydrogen (secondary N) is 2. The predicted molar refractivity (Wildman–Crippen MR) is 128 cm³/mol. The van der Waals surface area contributed by atoms with Crippen LogP contribution in [0.25, 0.3) is 11.1 Å². The molecule has 0 saturated carbocycles. The second-order valence-corrected chi connectivity index (χ2v) is 7.18. The van der Waals surface area contributed by atoms with E-state index in [0.29, 0.717) is 18.0 Å². The van der Waals surface area contributed by atoms with Gasteiger partial charge in [-0.05, 0) is 54.8 Å². The molecular weight excluding hydrogens is 402 g/mol. The van der Waals surface area contributed by atoms with Crippen molar-refractivity contribution in [2.75, 3.05) is 11.9 Å². The summed E-state index contributed by atoms with van der Waals surface area (Å²) in [7, 11) is 0. The fraction of sp³-hybridized carbons (Fsp3) is 0.192. The Morgan fingerprint density at radius 1 is 0.812 bits per heavy atom. The molecule has 32 heavy (non-hydrogen) atoms. The first-order chi connectivity index (χ1) is 15.5. The molecule has 0 fully saturated rings. The molecule has 6 nitrogen and oxygen atoms in total. The molecular formula is C26H27N3O3. The highest BCUT2D eigenvalue weighted by Crippen LogP contribution is 2.19. The molecule has 0 saturated heterocycles. The number of nitrogens with zero attached hydrogens (tertiary/aromatic N) is 1. The highest BCUT2D eigenvalue weighted by atomic mass is 16.5. The number of rotatable bonds is 9. The van der Waals surface area contributed by atoms with Crippen molar-refractivity contribution in [3.05, 3.63) is 84.4 Å². The summed E-state index contributed by atoms with van der Waals surface area (Å²) in [6, 6.07) is 25.2. The number of hydrogen-bond acceptors (Lipinski definition) is 4. The van der Waals surface area contributed by atoms with Crippen LogP contribution < -0.4 is 15.5 Å². The van der Waals surface area contributed by atoms with Gasteiger partial charge in [0, 0.05) is 18.5 Å². The number of anilines is 1. The molecule has 164 valence electrons. The Morgan fingerprint density at radius 3 is 2.09 bits per heavy atom. The summed E-state index contributed by atoms with van der Waals surface area (Å²) in [5, 5.41) is 6.92. The van der Waals surface area contributed by atoms with Crippen LogP contribution in [0.4, 0.5) is 5.69 Å². The largest absolute Gasteiger partial charge is 0.494 e. The maximum atomic E-state index is 12.1. The van der Waals surface area contributed by atoms with E-state index in [-0.39, 0.29) is 24.7 Å². The lowest BCUT2D eigenvalue weighted by molar-refractivity contribution is -0.124. The molecule has 3 aromatic rings. The van der Waals surface area contributed by atoms with Gasteiger partial charge in [0.1, 0.15) is 5.75 Å². The molecule has 0 unspecified atom stereocenters. The Bertz CT molecular complexity index is 1060. The Labute approximate surface area is 188 Å². The summed E-state index contributed by atoms with van der Waals surface area (Å²) in [6.45, 7) is 4.33. The third-order valence-corrected chi connectivity index (χ3v) is 4.79. The van der Waals surface area contributed by atoms with E-state index >= 15 is 0 Å². The van der Waals surface area contributed by atoms with Gasteiger partial charge in [0.05, 0.1) is 12.3 Å². The topological polar surface area (TPSA) is 79.8 Å². The SMILES string of the molecule is CCOc1ccc(NC(=O)CCC(=O)N/N=C(\C)c2ccc(-c3ccccc3)cc2)cc1. The van der Waals surface area contributed by atoms with Gasteiger partial charge in [-0.3, -0.25) is 9.59 Å². The van der Waals surface area contributed by atoms with E-state index in [2.05, 4.69) is 28.0 Å². The quantitative estimate of drug-likeness (QED) is 0.371. The highest BCUT2D eigenvalue weighted by Gasteiger charge is 2.08. The molecule has 6 heteroatoms. The zero-order chi connectivity index (χ0) is 22.8. The van der Waals surface area contributed by atoms with Crippen LogP contribution in [-0.4, -0.2) is 24.1 Å². The van der Waals surface area contributed by atoms with Crippen LogP contribution in [0.3, 0.4) is 0 Å². The van der Waals surface area contributed by atoms with Crippen molar-refractivity contribution in [2.45, 2.75) is 26.7 Å². The van der Waals surface area contributed by atoms with Crippen LogP contribution in [0.1, 0.15) is 32.3 Å². The van der Waals surface area contributed by atoms with Gasteiger partial charge < -0.3 is 10.1 Å². The van der Waals surface area contributed by atoms with Crippen molar-refractivity contribution in [1.29, 1.82) is 0 Å². The van der Waals surface area contributed by atoms with Crippen molar-refractivity contribution in [3.63, 3.8) is 0 Å². The second kappa shape index (κ2) is 11.5. The summed E-state index contributed by atoms with van der Waals surface area (Å²) in [6.07, 6.45) is 0.117. The van der Waals surface area contributed by atoms with Crippen LogP contribution in [-0.2, 0) is 9.59 Å².